The van der Waals surface area contributed by atoms with Crippen LogP contribution in [-0.4, -0.2) is 49.9 Å². The first-order chi connectivity index (χ1) is 11.1. The van der Waals surface area contributed by atoms with Crippen LogP contribution in [0.5, 0.6) is 0 Å². The molecule has 2 atom stereocenters. The summed E-state index contributed by atoms with van der Waals surface area (Å²) in [6.07, 6.45) is -0.143. The summed E-state index contributed by atoms with van der Waals surface area (Å²) < 4.78 is 30.7. The number of urea groups is 1. The summed E-state index contributed by atoms with van der Waals surface area (Å²) >= 11 is 6.11. The number of amides is 2. The van der Waals surface area contributed by atoms with Crippen LogP contribution in [0.3, 0.4) is 0 Å². The zero-order chi connectivity index (χ0) is 18.1. The number of hydrogen-bond acceptors (Lipinski definition) is 4. The Morgan fingerprint density at radius 3 is 2.42 bits per heavy atom. The first-order valence-corrected chi connectivity index (χ1v) is 9.79. The molecule has 8 heteroatoms. The molecule has 0 spiro atoms. The minimum atomic E-state index is -3.63. The van der Waals surface area contributed by atoms with Gasteiger partial charge in [0.1, 0.15) is 4.90 Å². The first-order valence-electron chi connectivity index (χ1n) is 7.86. The second kappa shape index (κ2) is 7.29. The number of rotatable bonds is 3. The summed E-state index contributed by atoms with van der Waals surface area (Å²) in [7, 11) is -3.63. The SMILES string of the molecule is CC(C)S(=O)(=O)c1c(Cl)cccc1NC(=O)N1C[C@@H](C)O[C@H](C)C1. The molecule has 1 aliphatic heterocycles. The lowest BCUT2D eigenvalue weighted by atomic mass is 10.2. The van der Waals surface area contributed by atoms with Gasteiger partial charge in [0.25, 0.3) is 0 Å². The van der Waals surface area contributed by atoms with Gasteiger partial charge in [-0.2, -0.15) is 0 Å². The molecule has 1 N–H and O–H groups in total. The van der Waals surface area contributed by atoms with E-state index in [0.29, 0.717) is 13.1 Å². The number of halogens is 1. The van der Waals surface area contributed by atoms with E-state index >= 15 is 0 Å². The van der Waals surface area contributed by atoms with E-state index in [0.717, 1.165) is 0 Å². The second-order valence-corrected chi connectivity index (χ2v) is 9.15. The molecule has 0 radical (unpaired) electrons. The van der Waals surface area contributed by atoms with Crippen LogP contribution in [-0.2, 0) is 14.6 Å². The molecule has 0 bridgehead atoms. The third-order valence-electron chi connectivity index (χ3n) is 3.82. The Balaban J connectivity index is 2.30. The fourth-order valence-corrected chi connectivity index (χ4v) is 4.40. The Morgan fingerprint density at radius 1 is 1.29 bits per heavy atom. The fraction of sp³-hybridized carbons (Fsp3) is 0.562. The van der Waals surface area contributed by atoms with Crippen molar-refractivity contribution in [2.75, 3.05) is 18.4 Å². The van der Waals surface area contributed by atoms with E-state index < -0.39 is 15.1 Å². The maximum Gasteiger partial charge on any atom is 0.322 e. The molecule has 0 aliphatic carbocycles. The maximum atomic E-state index is 12.6. The highest BCUT2D eigenvalue weighted by molar-refractivity contribution is 7.92. The lowest BCUT2D eigenvalue weighted by Gasteiger charge is -2.35. The van der Waals surface area contributed by atoms with Gasteiger partial charge in [-0.05, 0) is 39.8 Å². The predicted molar refractivity (Wildman–Crippen MR) is 94.4 cm³/mol. The number of sulfone groups is 1. The second-order valence-electron chi connectivity index (χ2n) is 6.30. The van der Waals surface area contributed by atoms with Crippen LogP contribution in [0.2, 0.25) is 5.02 Å². The summed E-state index contributed by atoms with van der Waals surface area (Å²) in [5, 5.41) is 2.15. The van der Waals surface area contributed by atoms with Crippen LogP contribution >= 0.6 is 11.6 Å². The maximum absolute atomic E-state index is 12.6. The van der Waals surface area contributed by atoms with Crippen molar-refractivity contribution in [2.24, 2.45) is 0 Å². The molecule has 2 rings (SSSR count). The number of carbonyl (C=O) groups is 1. The lowest BCUT2D eigenvalue weighted by molar-refractivity contribution is -0.0530. The van der Waals surface area contributed by atoms with Crippen LogP contribution < -0.4 is 5.32 Å². The molecule has 1 aromatic rings. The number of hydrogen-bond donors (Lipinski definition) is 1. The summed E-state index contributed by atoms with van der Waals surface area (Å²) in [6, 6.07) is 4.30. The fourth-order valence-electron chi connectivity index (χ4n) is 2.67. The van der Waals surface area contributed by atoms with E-state index in [1.165, 1.54) is 6.07 Å². The summed E-state index contributed by atoms with van der Waals surface area (Å²) in [5.41, 5.74) is 0.202. The van der Waals surface area contributed by atoms with E-state index in [-0.39, 0.29) is 33.8 Å². The van der Waals surface area contributed by atoms with E-state index in [2.05, 4.69) is 5.32 Å². The van der Waals surface area contributed by atoms with Crippen LogP contribution in [0.4, 0.5) is 10.5 Å². The van der Waals surface area contributed by atoms with E-state index in [1.807, 2.05) is 13.8 Å². The van der Waals surface area contributed by atoms with Crippen LogP contribution in [0.15, 0.2) is 23.1 Å². The van der Waals surface area contributed by atoms with Crippen molar-refractivity contribution in [2.45, 2.75) is 50.0 Å². The molecule has 1 saturated heterocycles. The number of nitrogens with one attached hydrogen (secondary N) is 1. The lowest BCUT2D eigenvalue weighted by Crippen LogP contribution is -2.49. The van der Waals surface area contributed by atoms with Gasteiger partial charge in [-0.25, -0.2) is 13.2 Å². The van der Waals surface area contributed by atoms with Crippen LogP contribution in [0.1, 0.15) is 27.7 Å². The van der Waals surface area contributed by atoms with Gasteiger partial charge in [-0.15, -0.1) is 0 Å². The number of ether oxygens (including phenoxy) is 1. The molecule has 1 fully saturated rings. The van der Waals surface area contributed by atoms with Crippen molar-refractivity contribution >= 4 is 33.2 Å². The Kier molecular flexibility index (Phi) is 5.78. The molecule has 2 amide bonds. The van der Waals surface area contributed by atoms with Gasteiger partial charge in [-0.1, -0.05) is 17.7 Å². The molecule has 0 unspecified atom stereocenters. The van der Waals surface area contributed by atoms with Gasteiger partial charge in [-0.3, -0.25) is 0 Å². The quantitative estimate of drug-likeness (QED) is 0.881. The molecule has 6 nitrogen and oxygen atoms in total. The average Bonchev–Trinajstić information content (AvgIpc) is 2.45. The standard InChI is InChI=1S/C16H23ClN2O4S/c1-10(2)24(21,22)15-13(17)6-5-7-14(15)18-16(20)19-8-11(3)23-12(4)9-19/h5-7,10-12H,8-9H2,1-4H3,(H,18,20)/t11-,12-/m1/s1. The van der Waals surface area contributed by atoms with Gasteiger partial charge in [0, 0.05) is 13.1 Å². The third-order valence-corrected chi connectivity index (χ3v) is 6.50. The van der Waals surface area contributed by atoms with Crippen LogP contribution in [0, 0.1) is 0 Å². The van der Waals surface area contributed by atoms with Gasteiger partial charge in [0.05, 0.1) is 28.2 Å². The predicted octanol–water partition coefficient (Wildman–Crippen LogP) is 3.16. The highest BCUT2D eigenvalue weighted by Gasteiger charge is 2.29. The molecule has 0 aromatic heterocycles. The molecule has 24 heavy (non-hydrogen) atoms. The van der Waals surface area contributed by atoms with Crippen molar-refractivity contribution in [3.63, 3.8) is 0 Å². The number of nitrogens with zero attached hydrogens (tertiary/aromatic N) is 1. The van der Waals surface area contributed by atoms with Crippen molar-refractivity contribution < 1.29 is 17.9 Å². The zero-order valence-electron chi connectivity index (χ0n) is 14.2. The Morgan fingerprint density at radius 2 is 1.88 bits per heavy atom. The number of benzene rings is 1. The topological polar surface area (TPSA) is 75.7 Å². The Bertz CT molecular complexity index is 711. The molecule has 0 saturated carbocycles. The molecule has 1 aromatic carbocycles. The molecule has 134 valence electrons. The van der Waals surface area contributed by atoms with E-state index in [9.17, 15) is 13.2 Å². The van der Waals surface area contributed by atoms with Crippen molar-refractivity contribution in [3.8, 4) is 0 Å². The normalized spacial score (nSPS) is 21.8. The summed E-state index contributed by atoms with van der Waals surface area (Å²) in [6.45, 7) is 7.84. The first kappa shape index (κ1) is 19.0. The van der Waals surface area contributed by atoms with Gasteiger partial charge in [0.15, 0.2) is 9.84 Å². The number of anilines is 1. The highest BCUT2D eigenvalue weighted by atomic mass is 35.5. The van der Waals surface area contributed by atoms with Gasteiger partial charge in [0.2, 0.25) is 0 Å². The van der Waals surface area contributed by atoms with E-state index in [4.69, 9.17) is 16.3 Å². The van der Waals surface area contributed by atoms with Crippen LogP contribution in [0.25, 0.3) is 0 Å². The summed E-state index contributed by atoms with van der Waals surface area (Å²) in [4.78, 5) is 14.1. The minimum Gasteiger partial charge on any atom is -0.372 e. The largest absolute Gasteiger partial charge is 0.372 e. The molecular weight excluding hydrogens is 352 g/mol. The van der Waals surface area contributed by atoms with E-state index in [1.54, 1.807) is 30.9 Å². The van der Waals surface area contributed by atoms with Crippen molar-refractivity contribution in [1.29, 1.82) is 0 Å². The Labute approximate surface area is 148 Å². The number of carbonyl (C=O) groups excluding carboxylic acids is 1. The van der Waals surface area contributed by atoms with Crippen molar-refractivity contribution in [1.82, 2.24) is 4.90 Å². The highest BCUT2D eigenvalue weighted by Crippen LogP contribution is 2.32. The molecule has 1 heterocycles. The Hall–Kier alpha value is -1.31. The zero-order valence-corrected chi connectivity index (χ0v) is 15.8. The molecule has 1 aliphatic rings. The van der Waals surface area contributed by atoms with Gasteiger partial charge < -0.3 is 15.0 Å². The van der Waals surface area contributed by atoms with Crippen molar-refractivity contribution in [3.05, 3.63) is 23.2 Å². The monoisotopic (exact) mass is 374 g/mol. The third kappa shape index (κ3) is 4.02. The average molecular weight is 375 g/mol. The smallest absolute Gasteiger partial charge is 0.322 e. The molecular formula is C16H23ClN2O4S. The minimum absolute atomic E-state index is 0.0376. The van der Waals surface area contributed by atoms with Gasteiger partial charge >= 0.3 is 6.03 Å². The number of morpholine rings is 1. The summed E-state index contributed by atoms with van der Waals surface area (Å²) in [5.74, 6) is 0.